The molecule has 2 N–H and O–H groups in total. The van der Waals surface area contributed by atoms with Gasteiger partial charge in [0.15, 0.2) is 6.61 Å². The third kappa shape index (κ3) is 6.76. The molecule has 0 heterocycles. The number of carbonyl (C=O) groups excluding carboxylic acids is 1. The smallest absolute Gasteiger partial charge is 0.258 e. The Morgan fingerprint density at radius 2 is 1.86 bits per heavy atom. The number of rotatable bonds is 10. The van der Waals surface area contributed by atoms with Gasteiger partial charge in [-0.15, -0.1) is 11.8 Å². The maximum absolute atomic E-state index is 12.2. The van der Waals surface area contributed by atoms with Crippen molar-refractivity contribution in [1.82, 2.24) is 10.0 Å². The van der Waals surface area contributed by atoms with Gasteiger partial charge < -0.3 is 10.1 Å². The summed E-state index contributed by atoms with van der Waals surface area (Å²) in [4.78, 5) is 13.6. The minimum absolute atomic E-state index is 0.139. The number of sulfonamides is 1. The van der Waals surface area contributed by atoms with Crippen LogP contribution in [0.2, 0.25) is 0 Å². The molecule has 29 heavy (non-hydrogen) atoms. The second-order valence-electron chi connectivity index (χ2n) is 6.68. The predicted octanol–water partition coefficient (Wildman–Crippen LogP) is 3.66. The van der Waals surface area contributed by atoms with E-state index < -0.39 is 10.0 Å². The zero-order valence-electron chi connectivity index (χ0n) is 17.2. The number of nitrogens with one attached hydrogen (secondary N) is 2. The fourth-order valence-corrected chi connectivity index (χ4v) is 4.30. The van der Waals surface area contributed by atoms with Gasteiger partial charge in [0.05, 0.1) is 10.9 Å². The van der Waals surface area contributed by atoms with E-state index in [9.17, 15) is 13.2 Å². The summed E-state index contributed by atoms with van der Waals surface area (Å²) in [5, 5.41) is 2.91. The molecular weight excluding hydrogens is 408 g/mol. The second-order valence-corrected chi connectivity index (χ2v) is 9.32. The van der Waals surface area contributed by atoms with E-state index in [1.807, 2.05) is 44.4 Å². The zero-order valence-corrected chi connectivity index (χ0v) is 18.8. The highest BCUT2D eigenvalue weighted by Gasteiger charge is 2.15. The average molecular weight is 437 g/mol. The Hall–Kier alpha value is -2.03. The summed E-state index contributed by atoms with van der Waals surface area (Å²) < 4.78 is 32.5. The maximum atomic E-state index is 12.2. The fraction of sp³-hybridized carbons (Fsp3) is 0.381. The monoisotopic (exact) mass is 436 g/mol. The van der Waals surface area contributed by atoms with Crippen LogP contribution in [0.15, 0.2) is 52.3 Å². The summed E-state index contributed by atoms with van der Waals surface area (Å²) in [5.74, 6) is 0.235. The highest BCUT2D eigenvalue weighted by molar-refractivity contribution is 7.98. The Bertz CT molecular complexity index is 928. The lowest BCUT2D eigenvalue weighted by atomic mass is 10.1. The van der Waals surface area contributed by atoms with Crippen LogP contribution in [0.1, 0.15) is 37.4 Å². The first kappa shape index (κ1) is 23.3. The third-order valence-corrected chi connectivity index (χ3v) is 6.55. The lowest BCUT2D eigenvalue weighted by Gasteiger charge is -2.16. The van der Waals surface area contributed by atoms with Crippen molar-refractivity contribution in [1.29, 1.82) is 0 Å². The third-order valence-electron chi connectivity index (χ3n) is 4.35. The van der Waals surface area contributed by atoms with Gasteiger partial charge in [-0.1, -0.05) is 19.1 Å². The first-order valence-electron chi connectivity index (χ1n) is 9.43. The molecule has 0 aliphatic rings. The van der Waals surface area contributed by atoms with Gasteiger partial charge in [-0.25, -0.2) is 13.1 Å². The number of aryl methyl sites for hydroxylation is 1. The lowest BCUT2D eigenvalue weighted by molar-refractivity contribution is -0.123. The Morgan fingerprint density at radius 3 is 2.45 bits per heavy atom. The molecule has 2 aromatic rings. The molecule has 0 aliphatic heterocycles. The normalized spacial score (nSPS) is 12.4. The predicted molar refractivity (Wildman–Crippen MR) is 117 cm³/mol. The van der Waals surface area contributed by atoms with Gasteiger partial charge in [-0.3, -0.25) is 4.79 Å². The van der Waals surface area contributed by atoms with E-state index >= 15 is 0 Å². The molecule has 2 rings (SSSR count). The van der Waals surface area contributed by atoms with Gasteiger partial charge in [0.1, 0.15) is 5.75 Å². The molecule has 0 spiro atoms. The molecule has 8 heteroatoms. The summed E-state index contributed by atoms with van der Waals surface area (Å²) in [5.41, 5.74) is 1.67. The van der Waals surface area contributed by atoms with E-state index in [-0.39, 0.29) is 23.5 Å². The Labute approximate surface area is 177 Å². The minimum atomic E-state index is -3.53. The van der Waals surface area contributed by atoms with Crippen LogP contribution in [0.25, 0.3) is 0 Å². The van der Waals surface area contributed by atoms with E-state index in [0.29, 0.717) is 24.3 Å². The molecular formula is C21H28N2O4S2. The number of hydrogen-bond donors (Lipinski definition) is 2. The average Bonchev–Trinajstić information content (AvgIpc) is 2.71. The van der Waals surface area contributed by atoms with E-state index in [4.69, 9.17) is 4.74 Å². The Morgan fingerprint density at radius 1 is 1.17 bits per heavy atom. The fourth-order valence-electron chi connectivity index (χ4n) is 2.67. The number of benzene rings is 2. The summed E-state index contributed by atoms with van der Waals surface area (Å²) in [6.07, 6.45) is 2.73. The van der Waals surface area contributed by atoms with Crippen LogP contribution in [-0.2, 0) is 14.8 Å². The molecule has 1 amide bonds. The summed E-state index contributed by atoms with van der Waals surface area (Å²) in [7, 11) is -3.53. The van der Waals surface area contributed by atoms with Crippen molar-refractivity contribution in [2.75, 3.05) is 19.4 Å². The van der Waals surface area contributed by atoms with Crippen molar-refractivity contribution < 1.29 is 17.9 Å². The van der Waals surface area contributed by atoms with Gasteiger partial charge in [0.2, 0.25) is 10.0 Å². The zero-order chi connectivity index (χ0) is 21.4. The molecule has 1 unspecified atom stereocenters. The van der Waals surface area contributed by atoms with Gasteiger partial charge in [0.25, 0.3) is 5.91 Å². The van der Waals surface area contributed by atoms with E-state index in [1.165, 1.54) is 11.0 Å². The SMILES string of the molecule is CCCNS(=O)(=O)c1ccc(OCC(=O)NC(C)c2ccc(SC)cc2)c(C)c1. The molecule has 6 nitrogen and oxygen atoms in total. The first-order chi connectivity index (χ1) is 13.8. The standard InChI is InChI=1S/C21H28N2O4S2/c1-5-12-22-29(25,26)19-10-11-20(15(2)13-19)27-14-21(24)23-16(3)17-6-8-18(28-4)9-7-17/h6-11,13,16,22H,5,12,14H2,1-4H3,(H,23,24). The van der Waals surface area contributed by atoms with Crippen LogP contribution in [0.4, 0.5) is 0 Å². The quantitative estimate of drug-likeness (QED) is 0.555. The van der Waals surface area contributed by atoms with Crippen molar-refractivity contribution >= 4 is 27.7 Å². The van der Waals surface area contributed by atoms with Crippen molar-refractivity contribution in [2.24, 2.45) is 0 Å². The summed E-state index contributed by atoms with van der Waals surface area (Å²) in [6, 6.07) is 12.5. The van der Waals surface area contributed by atoms with Gasteiger partial charge in [-0.05, 0) is 68.0 Å². The molecule has 2 aromatic carbocycles. The molecule has 0 aromatic heterocycles. The highest BCUT2D eigenvalue weighted by Crippen LogP contribution is 2.22. The number of amides is 1. The summed E-state index contributed by atoms with van der Waals surface area (Å²) >= 11 is 1.67. The molecule has 0 fully saturated rings. The van der Waals surface area contributed by atoms with Crippen molar-refractivity contribution in [3.8, 4) is 5.75 Å². The second kappa shape index (κ2) is 10.7. The number of ether oxygens (including phenoxy) is 1. The largest absolute Gasteiger partial charge is 0.484 e. The van der Waals surface area contributed by atoms with E-state index in [0.717, 1.165) is 5.56 Å². The number of carbonyl (C=O) groups is 1. The molecule has 0 aliphatic carbocycles. The van der Waals surface area contributed by atoms with Crippen molar-refractivity contribution in [3.63, 3.8) is 0 Å². The van der Waals surface area contributed by atoms with Crippen LogP contribution in [0, 0.1) is 6.92 Å². The molecule has 0 bridgehead atoms. The van der Waals surface area contributed by atoms with Crippen LogP contribution in [0.5, 0.6) is 5.75 Å². The Balaban J connectivity index is 1.94. The highest BCUT2D eigenvalue weighted by atomic mass is 32.2. The minimum Gasteiger partial charge on any atom is -0.484 e. The van der Waals surface area contributed by atoms with Crippen molar-refractivity contribution in [2.45, 2.75) is 43.0 Å². The molecule has 0 radical (unpaired) electrons. The van der Waals surface area contributed by atoms with E-state index in [2.05, 4.69) is 10.0 Å². The summed E-state index contributed by atoms with van der Waals surface area (Å²) in [6.45, 7) is 5.81. The van der Waals surface area contributed by atoms with Crippen LogP contribution in [0.3, 0.4) is 0 Å². The molecule has 0 saturated heterocycles. The van der Waals surface area contributed by atoms with Gasteiger partial charge in [-0.2, -0.15) is 0 Å². The van der Waals surface area contributed by atoms with Gasteiger partial charge >= 0.3 is 0 Å². The maximum Gasteiger partial charge on any atom is 0.258 e. The Kier molecular flexibility index (Phi) is 8.55. The topological polar surface area (TPSA) is 84.5 Å². The number of thioether (sulfide) groups is 1. The lowest BCUT2D eigenvalue weighted by Crippen LogP contribution is -2.31. The molecule has 0 saturated carbocycles. The van der Waals surface area contributed by atoms with Crippen LogP contribution >= 0.6 is 11.8 Å². The van der Waals surface area contributed by atoms with E-state index in [1.54, 1.807) is 30.8 Å². The van der Waals surface area contributed by atoms with Crippen LogP contribution in [-0.4, -0.2) is 33.7 Å². The molecule has 1 atom stereocenters. The number of hydrogen-bond acceptors (Lipinski definition) is 5. The van der Waals surface area contributed by atoms with Crippen LogP contribution < -0.4 is 14.8 Å². The van der Waals surface area contributed by atoms with Crippen molar-refractivity contribution in [3.05, 3.63) is 53.6 Å². The first-order valence-corrected chi connectivity index (χ1v) is 12.1. The van der Waals surface area contributed by atoms with Gasteiger partial charge in [0, 0.05) is 11.4 Å². The molecule has 158 valence electrons.